The number of nitrogens with zero attached hydrogens (tertiary/aromatic N) is 1. The Labute approximate surface area is 123 Å². The number of aliphatic hydroxyl groups is 1. The first-order chi connectivity index (χ1) is 9.30. The van der Waals surface area contributed by atoms with E-state index < -0.39 is 5.54 Å². The molecule has 0 aromatic carbocycles. The first-order valence-electron chi connectivity index (χ1n) is 7.72. The average Bonchev–Trinajstić information content (AvgIpc) is 3.17. The van der Waals surface area contributed by atoms with E-state index in [2.05, 4.69) is 43.2 Å². The number of rotatable bonds is 8. The summed E-state index contributed by atoms with van der Waals surface area (Å²) >= 11 is 0. The van der Waals surface area contributed by atoms with Crippen LogP contribution in [0.2, 0.25) is 0 Å². The van der Waals surface area contributed by atoms with Crippen molar-refractivity contribution in [3.05, 3.63) is 0 Å². The van der Waals surface area contributed by atoms with Crippen molar-refractivity contribution >= 4 is 6.03 Å². The molecule has 118 valence electrons. The van der Waals surface area contributed by atoms with Crippen LogP contribution in [0.3, 0.4) is 0 Å². The van der Waals surface area contributed by atoms with Gasteiger partial charge in [0.25, 0.3) is 0 Å². The van der Waals surface area contributed by atoms with Crippen molar-refractivity contribution < 1.29 is 9.90 Å². The topological polar surface area (TPSA) is 64.6 Å². The van der Waals surface area contributed by atoms with E-state index in [4.69, 9.17) is 0 Å². The predicted octanol–water partition coefficient (Wildman–Crippen LogP) is 1.57. The minimum atomic E-state index is -0.472. The number of carbonyl (C=O) groups excluding carboxylic acids is 1. The van der Waals surface area contributed by atoms with E-state index in [0.29, 0.717) is 24.5 Å². The van der Waals surface area contributed by atoms with Gasteiger partial charge in [0.05, 0.1) is 12.1 Å². The molecule has 1 aliphatic carbocycles. The number of nitrogens with one attached hydrogen (secondary N) is 2. The zero-order valence-electron chi connectivity index (χ0n) is 13.6. The summed E-state index contributed by atoms with van der Waals surface area (Å²) in [5.41, 5.74) is -0.472. The highest BCUT2D eigenvalue weighted by Gasteiger charge is 2.42. The van der Waals surface area contributed by atoms with E-state index in [1.54, 1.807) is 0 Å². The number of aliphatic hydroxyl groups excluding tert-OH is 1. The molecule has 5 nitrogen and oxygen atoms in total. The second-order valence-corrected chi connectivity index (χ2v) is 6.66. The monoisotopic (exact) mass is 285 g/mol. The molecule has 1 unspecified atom stereocenters. The molecule has 1 aliphatic rings. The highest BCUT2D eigenvalue weighted by Crippen LogP contribution is 2.39. The molecule has 0 saturated heterocycles. The van der Waals surface area contributed by atoms with Crippen LogP contribution in [0.25, 0.3) is 0 Å². The van der Waals surface area contributed by atoms with Gasteiger partial charge in [-0.2, -0.15) is 0 Å². The third-order valence-corrected chi connectivity index (χ3v) is 4.19. The second-order valence-electron chi connectivity index (χ2n) is 6.66. The minimum absolute atomic E-state index is 0.00476. The van der Waals surface area contributed by atoms with E-state index in [-0.39, 0.29) is 12.6 Å². The van der Waals surface area contributed by atoms with Crippen LogP contribution in [0.4, 0.5) is 4.79 Å². The highest BCUT2D eigenvalue weighted by molar-refractivity contribution is 5.74. The fourth-order valence-corrected chi connectivity index (χ4v) is 2.71. The highest BCUT2D eigenvalue weighted by atomic mass is 16.3. The lowest BCUT2D eigenvalue weighted by atomic mass is 9.97. The van der Waals surface area contributed by atoms with Crippen molar-refractivity contribution in [1.82, 2.24) is 15.5 Å². The molecule has 1 rings (SSSR count). The van der Waals surface area contributed by atoms with Crippen molar-refractivity contribution in [3.63, 3.8) is 0 Å². The second kappa shape index (κ2) is 7.27. The smallest absolute Gasteiger partial charge is 0.315 e. The maximum Gasteiger partial charge on any atom is 0.315 e. The van der Waals surface area contributed by atoms with Gasteiger partial charge in [-0.05, 0) is 53.4 Å². The molecule has 1 fully saturated rings. The molecular formula is C15H31N3O2. The maximum absolute atomic E-state index is 11.9. The van der Waals surface area contributed by atoms with Crippen molar-refractivity contribution in [2.45, 2.75) is 65.1 Å². The predicted molar refractivity (Wildman–Crippen MR) is 81.7 cm³/mol. The average molecular weight is 285 g/mol. The molecule has 0 radical (unpaired) electrons. The summed E-state index contributed by atoms with van der Waals surface area (Å²) in [5, 5.41) is 15.3. The van der Waals surface area contributed by atoms with Gasteiger partial charge in [0.15, 0.2) is 0 Å². The van der Waals surface area contributed by atoms with Crippen LogP contribution < -0.4 is 10.6 Å². The van der Waals surface area contributed by atoms with E-state index in [1.165, 1.54) is 0 Å². The largest absolute Gasteiger partial charge is 0.394 e. The summed E-state index contributed by atoms with van der Waals surface area (Å²) in [5.74, 6) is 0.418. The normalized spacial score (nSPS) is 18.4. The van der Waals surface area contributed by atoms with E-state index >= 15 is 0 Å². The number of hydrogen-bond acceptors (Lipinski definition) is 3. The molecule has 0 heterocycles. The van der Waals surface area contributed by atoms with Gasteiger partial charge in [-0.15, -0.1) is 0 Å². The van der Waals surface area contributed by atoms with E-state index in [9.17, 15) is 9.90 Å². The lowest BCUT2D eigenvalue weighted by Gasteiger charge is -2.31. The SMILES string of the molecule is CC(C)N(CCNC(=O)NC(C)(CO)C1CC1)C(C)C. The zero-order valence-corrected chi connectivity index (χ0v) is 13.6. The molecule has 0 aliphatic heterocycles. The first kappa shape index (κ1) is 17.2. The Balaban J connectivity index is 2.32. The third-order valence-electron chi connectivity index (χ3n) is 4.19. The fourth-order valence-electron chi connectivity index (χ4n) is 2.71. The zero-order chi connectivity index (χ0) is 15.3. The van der Waals surface area contributed by atoms with Gasteiger partial charge in [-0.3, -0.25) is 4.90 Å². The minimum Gasteiger partial charge on any atom is -0.394 e. The van der Waals surface area contributed by atoms with Crippen molar-refractivity contribution in [2.24, 2.45) is 5.92 Å². The van der Waals surface area contributed by atoms with Crippen LogP contribution in [-0.4, -0.2) is 53.4 Å². The lowest BCUT2D eigenvalue weighted by Crippen LogP contribution is -2.55. The summed E-state index contributed by atoms with van der Waals surface area (Å²) < 4.78 is 0. The number of carbonyl (C=O) groups is 1. The van der Waals surface area contributed by atoms with Gasteiger partial charge in [0.2, 0.25) is 0 Å². The van der Waals surface area contributed by atoms with Gasteiger partial charge in [0, 0.05) is 25.2 Å². The molecular weight excluding hydrogens is 254 g/mol. The molecule has 1 saturated carbocycles. The fraction of sp³-hybridized carbons (Fsp3) is 0.933. The Morgan fingerprint density at radius 1 is 1.30 bits per heavy atom. The molecule has 0 bridgehead atoms. The van der Waals surface area contributed by atoms with Crippen LogP contribution in [0.15, 0.2) is 0 Å². The summed E-state index contributed by atoms with van der Waals surface area (Å²) in [6.45, 7) is 12.0. The molecule has 0 spiro atoms. The standard InChI is InChI=1S/C15H31N3O2/c1-11(2)18(12(3)4)9-8-16-14(20)17-15(5,10-19)13-6-7-13/h11-13,19H,6-10H2,1-5H3,(H2,16,17,20). The quantitative estimate of drug-likeness (QED) is 0.634. The summed E-state index contributed by atoms with van der Waals surface area (Å²) in [6, 6.07) is 0.754. The summed E-state index contributed by atoms with van der Waals surface area (Å²) in [7, 11) is 0. The van der Waals surface area contributed by atoms with Gasteiger partial charge in [-0.25, -0.2) is 4.79 Å². The summed E-state index contributed by atoms with van der Waals surface area (Å²) in [4.78, 5) is 14.3. The molecule has 0 aromatic rings. The number of amides is 2. The maximum atomic E-state index is 11.9. The van der Waals surface area contributed by atoms with Crippen LogP contribution in [0.1, 0.15) is 47.5 Å². The third kappa shape index (κ3) is 4.94. The van der Waals surface area contributed by atoms with Crippen molar-refractivity contribution in [1.29, 1.82) is 0 Å². The number of hydrogen-bond donors (Lipinski definition) is 3. The Hall–Kier alpha value is -0.810. The molecule has 5 heteroatoms. The molecule has 2 amide bonds. The van der Waals surface area contributed by atoms with Crippen molar-refractivity contribution in [2.75, 3.05) is 19.7 Å². The van der Waals surface area contributed by atoms with Crippen LogP contribution in [-0.2, 0) is 0 Å². The Morgan fingerprint density at radius 2 is 1.85 bits per heavy atom. The number of urea groups is 1. The molecule has 1 atom stereocenters. The summed E-state index contributed by atoms with van der Waals surface area (Å²) in [6.07, 6.45) is 2.18. The Morgan fingerprint density at radius 3 is 2.25 bits per heavy atom. The lowest BCUT2D eigenvalue weighted by molar-refractivity contribution is 0.152. The van der Waals surface area contributed by atoms with Crippen LogP contribution >= 0.6 is 0 Å². The molecule has 3 N–H and O–H groups in total. The van der Waals surface area contributed by atoms with Gasteiger partial charge < -0.3 is 15.7 Å². The van der Waals surface area contributed by atoms with E-state index in [0.717, 1.165) is 19.4 Å². The van der Waals surface area contributed by atoms with E-state index in [1.807, 2.05) is 6.92 Å². The van der Waals surface area contributed by atoms with Gasteiger partial charge >= 0.3 is 6.03 Å². The molecule has 20 heavy (non-hydrogen) atoms. The van der Waals surface area contributed by atoms with Gasteiger partial charge in [0.1, 0.15) is 0 Å². The van der Waals surface area contributed by atoms with Gasteiger partial charge in [-0.1, -0.05) is 0 Å². The van der Waals surface area contributed by atoms with Crippen molar-refractivity contribution in [3.8, 4) is 0 Å². The van der Waals surface area contributed by atoms with Crippen LogP contribution in [0, 0.1) is 5.92 Å². The van der Waals surface area contributed by atoms with Crippen LogP contribution in [0.5, 0.6) is 0 Å². The Bertz CT molecular complexity index is 308. The first-order valence-corrected chi connectivity index (χ1v) is 7.72. The molecule has 0 aromatic heterocycles. The Kier molecular flexibility index (Phi) is 6.27.